The van der Waals surface area contributed by atoms with Crippen molar-refractivity contribution in [2.75, 3.05) is 33.5 Å². The van der Waals surface area contributed by atoms with Gasteiger partial charge >= 0.3 is 0 Å². The highest BCUT2D eigenvalue weighted by molar-refractivity contribution is 5.94. The van der Waals surface area contributed by atoms with E-state index in [-0.39, 0.29) is 5.91 Å². The zero-order valence-electron chi connectivity index (χ0n) is 18.9. The smallest absolute Gasteiger partial charge is 0.251 e. The third-order valence-electron chi connectivity index (χ3n) is 5.53. The van der Waals surface area contributed by atoms with Crippen molar-refractivity contribution in [3.63, 3.8) is 0 Å². The van der Waals surface area contributed by atoms with Crippen molar-refractivity contribution < 1.29 is 19.0 Å². The van der Waals surface area contributed by atoms with E-state index in [0.29, 0.717) is 38.3 Å². The number of hydrogen-bond donors (Lipinski definition) is 2. The Balaban J connectivity index is 1.52. The molecule has 0 aliphatic carbocycles. The maximum Gasteiger partial charge on any atom is 0.251 e. The summed E-state index contributed by atoms with van der Waals surface area (Å²) in [5.74, 6) is 1.43. The van der Waals surface area contributed by atoms with E-state index in [1.54, 1.807) is 7.11 Å². The first-order valence-corrected chi connectivity index (χ1v) is 11.2. The molecule has 6 heteroatoms. The van der Waals surface area contributed by atoms with E-state index in [9.17, 15) is 4.79 Å². The summed E-state index contributed by atoms with van der Waals surface area (Å²) in [5, 5.41) is 6.40. The molecule has 33 heavy (non-hydrogen) atoms. The molecule has 2 N–H and O–H groups in total. The molecule has 4 rings (SSSR count). The van der Waals surface area contributed by atoms with Gasteiger partial charge in [-0.05, 0) is 52.6 Å². The number of fused-ring (bicyclic) bond motifs is 3. The van der Waals surface area contributed by atoms with E-state index in [1.807, 2.05) is 42.5 Å². The maximum atomic E-state index is 12.9. The van der Waals surface area contributed by atoms with Gasteiger partial charge in [-0.15, -0.1) is 0 Å². The Morgan fingerprint density at radius 1 is 1.00 bits per heavy atom. The molecule has 1 aliphatic heterocycles. The van der Waals surface area contributed by atoms with Gasteiger partial charge in [-0.1, -0.05) is 36.4 Å². The Labute approximate surface area is 194 Å². The van der Waals surface area contributed by atoms with Crippen LogP contribution in [0.4, 0.5) is 0 Å². The van der Waals surface area contributed by atoms with E-state index in [1.165, 1.54) is 11.1 Å². The summed E-state index contributed by atoms with van der Waals surface area (Å²) in [7, 11) is 1.63. The predicted octanol–water partition coefficient (Wildman–Crippen LogP) is 3.71. The van der Waals surface area contributed by atoms with Crippen LogP contribution in [-0.4, -0.2) is 39.4 Å². The van der Waals surface area contributed by atoms with Crippen LogP contribution < -0.4 is 20.1 Å². The van der Waals surface area contributed by atoms with E-state index in [4.69, 9.17) is 14.2 Å². The van der Waals surface area contributed by atoms with E-state index < -0.39 is 0 Å². The van der Waals surface area contributed by atoms with Crippen LogP contribution in [0, 0.1) is 0 Å². The quantitative estimate of drug-likeness (QED) is 0.640. The zero-order chi connectivity index (χ0) is 22.9. The van der Waals surface area contributed by atoms with Crippen molar-refractivity contribution in [3.8, 4) is 11.5 Å². The van der Waals surface area contributed by atoms with Crippen molar-refractivity contribution in [1.29, 1.82) is 0 Å². The molecule has 172 valence electrons. The van der Waals surface area contributed by atoms with Gasteiger partial charge in [0.15, 0.2) is 0 Å². The Morgan fingerprint density at radius 2 is 1.88 bits per heavy atom. The molecule has 6 nitrogen and oxygen atoms in total. The lowest BCUT2D eigenvalue weighted by Gasteiger charge is -2.15. The SMILES string of the molecule is COc1cccc(CNC(=O)c2ccc3c(c2)Cc2cccc(c2)CNCCOCCO3)c1. The lowest BCUT2D eigenvalue weighted by Crippen LogP contribution is -2.23. The lowest BCUT2D eigenvalue weighted by molar-refractivity contribution is 0.0949. The normalized spacial score (nSPS) is 14.3. The van der Waals surface area contributed by atoms with Crippen LogP contribution >= 0.6 is 0 Å². The molecule has 1 aliphatic rings. The summed E-state index contributed by atoms with van der Waals surface area (Å²) in [5.41, 5.74) is 4.97. The first-order valence-electron chi connectivity index (χ1n) is 11.2. The molecule has 3 aromatic carbocycles. The second-order valence-electron chi connectivity index (χ2n) is 7.99. The Morgan fingerprint density at radius 3 is 2.79 bits per heavy atom. The average molecular weight is 447 g/mol. The summed E-state index contributed by atoms with van der Waals surface area (Å²) in [6, 6.07) is 21.8. The number of nitrogens with one attached hydrogen (secondary N) is 2. The number of amides is 1. The van der Waals surface area contributed by atoms with E-state index in [2.05, 4.69) is 34.9 Å². The van der Waals surface area contributed by atoms with Gasteiger partial charge in [0.05, 0.1) is 20.3 Å². The minimum Gasteiger partial charge on any atom is -0.497 e. The monoisotopic (exact) mass is 446 g/mol. The average Bonchev–Trinajstić information content (AvgIpc) is 2.85. The van der Waals surface area contributed by atoms with Crippen molar-refractivity contribution in [2.45, 2.75) is 19.5 Å². The number of carbonyl (C=O) groups is 1. The molecular formula is C27H30N2O4. The number of ether oxygens (including phenoxy) is 3. The molecule has 0 spiro atoms. The lowest BCUT2D eigenvalue weighted by atomic mass is 9.99. The van der Waals surface area contributed by atoms with Gasteiger partial charge in [0.1, 0.15) is 18.1 Å². The molecule has 0 saturated heterocycles. The molecule has 0 saturated carbocycles. The molecule has 3 aromatic rings. The summed E-state index contributed by atoms with van der Waals surface area (Å²) >= 11 is 0. The van der Waals surface area contributed by atoms with Gasteiger partial charge < -0.3 is 24.8 Å². The summed E-state index contributed by atoms with van der Waals surface area (Å²) in [6.07, 6.45) is 0.682. The molecule has 1 amide bonds. The Bertz CT molecular complexity index is 1080. The largest absolute Gasteiger partial charge is 0.497 e. The third-order valence-corrected chi connectivity index (χ3v) is 5.53. The van der Waals surface area contributed by atoms with Crippen LogP contribution in [-0.2, 0) is 24.2 Å². The minimum absolute atomic E-state index is 0.124. The second-order valence-corrected chi connectivity index (χ2v) is 7.99. The minimum atomic E-state index is -0.124. The van der Waals surface area contributed by atoms with Crippen LogP contribution in [0.1, 0.15) is 32.6 Å². The Hall–Kier alpha value is -3.35. The standard InChI is InChI=1S/C27H30N2O4/c1-31-25-7-3-6-22(16-25)19-29-27(30)23-8-9-26-24(17-23)15-20-4-2-5-21(14-20)18-28-10-11-32-12-13-33-26/h2-9,14,16-17,28H,10-13,15,18-19H2,1H3,(H,29,30). The third kappa shape index (κ3) is 6.57. The highest BCUT2D eigenvalue weighted by atomic mass is 16.5. The predicted molar refractivity (Wildman–Crippen MR) is 128 cm³/mol. The van der Waals surface area contributed by atoms with Gasteiger partial charge in [-0.25, -0.2) is 0 Å². The molecular weight excluding hydrogens is 416 g/mol. The highest BCUT2D eigenvalue weighted by Crippen LogP contribution is 2.24. The van der Waals surface area contributed by atoms with Gasteiger partial charge in [-0.2, -0.15) is 0 Å². The molecule has 0 atom stereocenters. The highest BCUT2D eigenvalue weighted by Gasteiger charge is 2.12. The van der Waals surface area contributed by atoms with Crippen molar-refractivity contribution in [3.05, 3.63) is 94.5 Å². The molecule has 1 heterocycles. The Kier molecular flexibility index (Phi) is 7.95. The fourth-order valence-corrected chi connectivity index (χ4v) is 3.83. The van der Waals surface area contributed by atoms with Gasteiger partial charge in [-0.3, -0.25) is 4.79 Å². The van der Waals surface area contributed by atoms with Crippen LogP contribution in [0.3, 0.4) is 0 Å². The fraction of sp³-hybridized carbons (Fsp3) is 0.296. The molecule has 0 radical (unpaired) electrons. The second kappa shape index (κ2) is 11.5. The number of benzene rings is 3. The first-order chi connectivity index (χ1) is 16.2. The fourth-order valence-electron chi connectivity index (χ4n) is 3.83. The van der Waals surface area contributed by atoms with E-state index in [0.717, 1.165) is 35.7 Å². The molecule has 2 bridgehead atoms. The number of methoxy groups -OCH3 is 1. The number of hydrogen-bond acceptors (Lipinski definition) is 5. The number of carbonyl (C=O) groups excluding carboxylic acids is 1. The van der Waals surface area contributed by atoms with Crippen molar-refractivity contribution in [1.82, 2.24) is 10.6 Å². The van der Waals surface area contributed by atoms with Gasteiger partial charge in [0, 0.05) is 31.6 Å². The topological polar surface area (TPSA) is 68.8 Å². The van der Waals surface area contributed by atoms with Crippen LogP contribution in [0.15, 0.2) is 66.7 Å². The summed E-state index contributed by atoms with van der Waals surface area (Å²) < 4.78 is 16.9. The zero-order valence-corrected chi connectivity index (χ0v) is 18.9. The summed E-state index contributed by atoms with van der Waals surface area (Å²) in [4.78, 5) is 12.9. The van der Waals surface area contributed by atoms with Crippen LogP contribution in [0.2, 0.25) is 0 Å². The maximum absolute atomic E-state index is 12.9. The van der Waals surface area contributed by atoms with Crippen LogP contribution in [0.25, 0.3) is 0 Å². The molecule has 0 aromatic heterocycles. The number of rotatable bonds is 4. The van der Waals surface area contributed by atoms with Gasteiger partial charge in [0.2, 0.25) is 0 Å². The van der Waals surface area contributed by atoms with Crippen LogP contribution in [0.5, 0.6) is 11.5 Å². The van der Waals surface area contributed by atoms with E-state index >= 15 is 0 Å². The molecule has 0 fully saturated rings. The first kappa shape index (κ1) is 22.8. The summed E-state index contributed by atoms with van der Waals surface area (Å²) in [6.45, 7) is 3.66. The molecule has 0 unspecified atom stereocenters. The van der Waals surface area contributed by atoms with Gasteiger partial charge in [0.25, 0.3) is 5.91 Å². The van der Waals surface area contributed by atoms with Crippen molar-refractivity contribution in [2.24, 2.45) is 0 Å². The van der Waals surface area contributed by atoms with Crippen molar-refractivity contribution >= 4 is 5.91 Å².